The van der Waals surface area contributed by atoms with E-state index in [1.165, 1.54) is 103 Å². The molecule has 0 spiro atoms. The maximum atomic E-state index is 13.0. The van der Waals surface area contributed by atoms with E-state index in [4.69, 9.17) is 9.05 Å². The minimum absolute atomic E-state index is 0.0445. The molecule has 0 fully saturated rings. The van der Waals surface area contributed by atoms with E-state index < -0.39 is 20.0 Å². The van der Waals surface area contributed by atoms with Crippen LogP contribution in [0, 0.1) is 0 Å². The first-order valence-corrected chi connectivity index (χ1v) is 30.9. The number of allylic oxidation sites excluding steroid dienone is 19. The zero-order valence-electron chi connectivity index (χ0n) is 47.6. The van der Waals surface area contributed by atoms with Crippen LogP contribution in [-0.2, 0) is 18.4 Å². The summed E-state index contributed by atoms with van der Waals surface area (Å²) in [5.74, 6) is -0.207. The highest BCUT2D eigenvalue weighted by atomic mass is 31.2. The summed E-state index contributed by atoms with van der Waals surface area (Å²) < 4.78 is 23.7. The number of aliphatic hydroxyl groups excluding tert-OH is 1. The van der Waals surface area contributed by atoms with Crippen molar-refractivity contribution in [3.05, 3.63) is 122 Å². The van der Waals surface area contributed by atoms with Crippen LogP contribution in [0.15, 0.2) is 122 Å². The number of hydrogen-bond donors (Lipinski definition) is 3. The largest absolute Gasteiger partial charge is 0.472 e. The average molecular weight is 1040 g/mol. The topological polar surface area (TPSA) is 105 Å². The Bertz CT molecular complexity index is 1600. The van der Waals surface area contributed by atoms with Gasteiger partial charge in [0.15, 0.2) is 0 Å². The zero-order valence-corrected chi connectivity index (χ0v) is 48.5. The van der Waals surface area contributed by atoms with Crippen molar-refractivity contribution < 1.29 is 32.9 Å². The highest BCUT2D eigenvalue weighted by Gasteiger charge is 2.27. The van der Waals surface area contributed by atoms with Crippen molar-refractivity contribution in [3.8, 4) is 0 Å². The zero-order chi connectivity index (χ0) is 53.5. The second-order valence-corrected chi connectivity index (χ2v) is 22.1. The van der Waals surface area contributed by atoms with Gasteiger partial charge in [-0.1, -0.05) is 238 Å². The van der Waals surface area contributed by atoms with Gasteiger partial charge in [0, 0.05) is 6.42 Å². The summed E-state index contributed by atoms with van der Waals surface area (Å²) >= 11 is 0. The Morgan fingerprint density at radius 2 is 0.836 bits per heavy atom. The lowest BCUT2D eigenvalue weighted by Gasteiger charge is -2.25. The Morgan fingerprint density at radius 3 is 1.26 bits per heavy atom. The first kappa shape index (κ1) is 69.9. The van der Waals surface area contributed by atoms with E-state index in [1.807, 2.05) is 27.2 Å². The summed E-state index contributed by atoms with van der Waals surface area (Å²) in [6.07, 6.45) is 80.1. The minimum Gasteiger partial charge on any atom is -0.387 e. The molecule has 3 atom stereocenters. The van der Waals surface area contributed by atoms with E-state index in [0.29, 0.717) is 17.4 Å². The molecule has 1 amide bonds. The number of nitrogens with zero attached hydrogens (tertiary/aromatic N) is 1. The van der Waals surface area contributed by atoms with Crippen LogP contribution in [0.3, 0.4) is 0 Å². The molecular formula is C64H112N2O6P+. The Kier molecular flexibility index (Phi) is 51.4. The molecule has 73 heavy (non-hydrogen) atoms. The molecule has 3 unspecified atom stereocenters. The van der Waals surface area contributed by atoms with Crippen LogP contribution < -0.4 is 5.32 Å². The molecule has 0 aliphatic carbocycles. The molecule has 0 saturated carbocycles. The summed E-state index contributed by atoms with van der Waals surface area (Å²) in [6.45, 7) is 4.66. The number of phosphoric ester groups is 1. The fraction of sp³-hybridized carbons (Fsp3) is 0.672. The number of quaternary nitrogens is 1. The fourth-order valence-corrected chi connectivity index (χ4v) is 8.55. The smallest absolute Gasteiger partial charge is 0.387 e. The van der Waals surface area contributed by atoms with Gasteiger partial charge in [-0.2, -0.15) is 0 Å². The fourth-order valence-electron chi connectivity index (χ4n) is 7.82. The van der Waals surface area contributed by atoms with Gasteiger partial charge in [0.25, 0.3) is 0 Å². The Balaban J connectivity index is 4.34. The van der Waals surface area contributed by atoms with E-state index in [-0.39, 0.29) is 19.1 Å². The van der Waals surface area contributed by atoms with Crippen molar-refractivity contribution in [2.45, 2.75) is 238 Å². The molecule has 8 nitrogen and oxygen atoms in total. The molecule has 0 aliphatic rings. The quantitative estimate of drug-likeness (QED) is 0.0243. The Hall–Kier alpha value is -3.10. The third-order valence-electron chi connectivity index (χ3n) is 12.4. The molecule has 0 saturated heterocycles. The predicted molar refractivity (Wildman–Crippen MR) is 318 cm³/mol. The molecule has 0 aromatic heterocycles. The molecular weight excluding hydrogens is 924 g/mol. The first-order valence-electron chi connectivity index (χ1n) is 29.4. The number of amides is 1. The molecule has 0 radical (unpaired) electrons. The number of likely N-dealkylation sites (N-methyl/N-ethyl adjacent to an activating group) is 1. The van der Waals surface area contributed by atoms with Crippen molar-refractivity contribution in [2.24, 2.45) is 0 Å². The number of unbranched alkanes of at least 4 members (excludes halogenated alkanes) is 21. The monoisotopic (exact) mass is 1040 g/mol. The van der Waals surface area contributed by atoms with Gasteiger partial charge < -0.3 is 19.8 Å². The van der Waals surface area contributed by atoms with Crippen LogP contribution in [0.4, 0.5) is 0 Å². The molecule has 418 valence electrons. The van der Waals surface area contributed by atoms with Gasteiger partial charge in [-0.3, -0.25) is 13.8 Å². The van der Waals surface area contributed by atoms with Gasteiger partial charge in [-0.25, -0.2) is 4.57 Å². The number of carbonyl (C=O) groups excluding carboxylic acids is 1. The van der Waals surface area contributed by atoms with Crippen LogP contribution >= 0.6 is 7.82 Å². The predicted octanol–water partition coefficient (Wildman–Crippen LogP) is 18.1. The molecule has 0 heterocycles. The number of rotatable bonds is 52. The van der Waals surface area contributed by atoms with E-state index >= 15 is 0 Å². The minimum atomic E-state index is -4.37. The van der Waals surface area contributed by atoms with E-state index in [1.54, 1.807) is 6.08 Å². The maximum absolute atomic E-state index is 13.0. The second-order valence-electron chi connectivity index (χ2n) is 20.6. The summed E-state index contributed by atoms with van der Waals surface area (Å²) in [5, 5.41) is 13.9. The van der Waals surface area contributed by atoms with Crippen LogP contribution in [0.25, 0.3) is 0 Å². The Labute approximate surface area is 450 Å². The third kappa shape index (κ3) is 56.5. The normalized spacial score (nSPS) is 14.8. The summed E-state index contributed by atoms with van der Waals surface area (Å²) in [6, 6.07) is -0.886. The van der Waals surface area contributed by atoms with E-state index in [2.05, 4.69) is 129 Å². The number of hydrogen-bond acceptors (Lipinski definition) is 5. The molecule has 0 bridgehead atoms. The van der Waals surface area contributed by atoms with E-state index in [0.717, 1.165) is 103 Å². The molecule has 0 aromatic rings. The van der Waals surface area contributed by atoms with Crippen molar-refractivity contribution in [2.75, 3.05) is 40.9 Å². The van der Waals surface area contributed by atoms with Crippen molar-refractivity contribution >= 4 is 13.7 Å². The van der Waals surface area contributed by atoms with Gasteiger partial charge >= 0.3 is 7.82 Å². The maximum Gasteiger partial charge on any atom is 0.472 e. The lowest BCUT2D eigenvalue weighted by atomic mass is 10.0. The second kappa shape index (κ2) is 53.7. The highest BCUT2D eigenvalue weighted by molar-refractivity contribution is 7.47. The van der Waals surface area contributed by atoms with Gasteiger partial charge in [0.1, 0.15) is 13.2 Å². The summed E-state index contributed by atoms with van der Waals surface area (Å²) in [4.78, 5) is 23.3. The molecule has 0 aromatic carbocycles. The number of phosphoric acid groups is 1. The van der Waals surface area contributed by atoms with Crippen molar-refractivity contribution in [1.82, 2.24) is 5.32 Å². The van der Waals surface area contributed by atoms with E-state index in [9.17, 15) is 19.4 Å². The van der Waals surface area contributed by atoms with Crippen LogP contribution in [0.2, 0.25) is 0 Å². The number of aliphatic hydroxyl groups is 1. The Morgan fingerprint density at radius 1 is 0.479 bits per heavy atom. The van der Waals surface area contributed by atoms with Crippen molar-refractivity contribution in [3.63, 3.8) is 0 Å². The molecule has 3 N–H and O–H groups in total. The molecule has 9 heteroatoms. The van der Waals surface area contributed by atoms with Crippen LogP contribution in [0.1, 0.15) is 226 Å². The van der Waals surface area contributed by atoms with Crippen molar-refractivity contribution in [1.29, 1.82) is 0 Å². The van der Waals surface area contributed by atoms with Crippen LogP contribution in [0.5, 0.6) is 0 Å². The molecule has 0 rings (SSSR count). The number of carbonyl (C=O) groups is 1. The van der Waals surface area contributed by atoms with Gasteiger partial charge in [-0.15, -0.1) is 0 Å². The highest BCUT2D eigenvalue weighted by Crippen LogP contribution is 2.43. The standard InChI is InChI=1S/C64H111N2O6P/c1-6-8-10-12-14-16-18-20-22-24-26-28-30-31-32-33-34-35-36-38-40-42-44-46-48-50-52-54-56-58-64(68)65-62(61-72-73(69,70)71-60-59-66(3,4)5)63(67)57-55-53-51-49-47-45-43-41-39-37-29-27-25-23-21-19-17-15-13-11-9-7-2/h8,10,14,16,20,22,26,28,31-32,34-35,38-41,47,49,55,57,62-63,67H,6-7,9,11-13,15,17-19,21,23-25,27,29-30,33,36-37,42-46,48,50-54,56,58-61H2,1-5H3,(H-,65,68,69,70)/p+1/b10-8-,16-14-,22-20-,28-26-,32-31-,35-34-,40-38-,41-39+,49-47+,57-55+. The van der Waals surface area contributed by atoms with Gasteiger partial charge in [0.05, 0.1) is 39.9 Å². The lowest BCUT2D eigenvalue weighted by molar-refractivity contribution is -0.870. The third-order valence-corrected chi connectivity index (χ3v) is 13.4. The molecule has 0 aliphatic heterocycles. The SMILES string of the molecule is CC/C=C\C/C=C\C/C=C\C/C=C\C/C=C\C/C=C\C/C=C\CCCCCCCCCC(=O)NC(COP(=O)(O)OCC[N+](C)(C)C)C(O)/C=C/CC/C=C/CC/C=C/CCCCCCCCCCCCCC. The number of nitrogens with one attached hydrogen (secondary N) is 1. The average Bonchev–Trinajstić information content (AvgIpc) is 3.35. The first-order chi connectivity index (χ1) is 35.5. The summed E-state index contributed by atoms with van der Waals surface area (Å²) in [5.41, 5.74) is 0. The van der Waals surface area contributed by atoms with Gasteiger partial charge in [0.2, 0.25) is 5.91 Å². The summed E-state index contributed by atoms with van der Waals surface area (Å²) in [7, 11) is 1.52. The van der Waals surface area contributed by atoms with Gasteiger partial charge in [-0.05, 0) is 103 Å². The lowest BCUT2D eigenvalue weighted by Crippen LogP contribution is -2.45. The van der Waals surface area contributed by atoms with Crippen LogP contribution in [-0.4, -0.2) is 73.4 Å².